The van der Waals surface area contributed by atoms with E-state index in [1.165, 1.54) is 0 Å². The van der Waals surface area contributed by atoms with Gasteiger partial charge in [0.25, 0.3) is 0 Å². The lowest BCUT2D eigenvalue weighted by molar-refractivity contribution is -0.154. The number of carbonyl (C=O) groups excluding carboxylic acids is 2. The number of ether oxygens (including phenoxy) is 1. The molecule has 1 fully saturated rings. The highest BCUT2D eigenvalue weighted by Crippen LogP contribution is 2.22. The third-order valence-electron chi connectivity index (χ3n) is 3.06. The normalized spacial score (nSPS) is 20.0. The summed E-state index contributed by atoms with van der Waals surface area (Å²) >= 11 is 0. The van der Waals surface area contributed by atoms with E-state index in [2.05, 4.69) is 0 Å². The van der Waals surface area contributed by atoms with E-state index >= 15 is 0 Å². The highest BCUT2D eigenvalue weighted by atomic mass is 16.5. The van der Waals surface area contributed by atoms with Crippen LogP contribution >= 0.6 is 0 Å². The number of hydrogen-bond acceptors (Lipinski definition) is 3. The second kappa shape index (κ2) is 5.62. The molecule has 0 N–H and O–H groups in total. The quantitative estimate of drug-likeness (QED) is 0.594. The van der Waals surface area contributed by atoms with Crippen molar-refractivity contribution in [1.82, 2.24) is 0 Å². The van der Waals surface area contributed by atoms with Crippen LogP contribution in [0.25, 0.3) is 0 Å². The van der Waals surface area contributed by atoms with Crippen LogP contribution in [-0.2, 0) is 20.9 Å². The molecule has 0 aromatic heterocycles. The first-order valence-corrected chi connectivity index (χ1v) is 6.00. The minimum atomic E-state index is -0.521. The van der Waals surface area contributed by atoms with Gasteiger partial charge >= 0.3 is 5.97 Å². The van der Waals surface area contributed by atoms with Gasteiger partial charge in [0, 0.05) is 6.42 Å². The molecule has 3 nitrogen and oxygen atoms in total. The average molecular weight is 232 g/mol. The van der Waals surface area contributed by atoms with Crippen LogP contribution in [0.2, 0.25) is 0 Å². The van der Waals surface area contributed by atoms with Crippen molar-refractivity contribution in [1.29, 1.82) is 0 Å². The van der Waals surface area contributed by atoms with Gasteiger partial charge in [-0.25, -0.2) is 0 Å². The number of Topliss-reactive ketones (excluding diaryl/α,β-unsaturated/α-hetero) is 1. The molecule has 17 heavy (non-hydrogen) atoms. The van der Waals surface area contributed by atoms with Crippen LogP contribution in [-0.4, -0.2) is 11.8 Å². The third-order valence-corrected chi connectivity index (χ3v) is 3.06. The second-order valence-corrected chi connectivity index (χ2v) is 4.36. The summed E-state index contributed by atoms with van der Waals surface area (Å²) in [6.07, 6.45) is 3.01. The van der Waals surface area contributed by atoms with Gasteiger partial charge in [0.2, 0.25) is 0 Å². The summed E-state index contributed by atoms with van der Waals surface area (Å²) in [4.78, 5) is 23.3. The Morgan fingerprint density at radius 2 is 2.00 bits per heavy atom. The number of ketones is 1. The van der Waals surface area contributed by atoms with E-state index in [1.807, 2.05) is 30.3 Å². The SMILES string of the molecule is O=C1CCCC[C@H]1C(=O)OCc1ccccc1. The molecule has 3 heteroatoms. The number of esters is 1. The van der Waals surface area contributed by atoms with Crippen molar-refractivity contribution in [3.05, 3.63) is 35.9 Å². The van der Waals surface area contributed by atoms with Crippen LogP contribution < -0.4 is 0 Å². The van der Waals surface area contributed by atoms with Crippen LogP contribution in [0, 0.1) is 5.92 Å². The van der Waals surface area contributed by atoms with Crippen LogP contribution in [0.1, 0.15) is 31.2 Å². The zero-order chi connectivity index (χ0) is 12.1. The van der Waals surface area contributed by atoms with Gasteiger partial charge in [0.05, 0.1) is 0 Å². The lowest BCUT2D eigenvalue weighted by Crippen LogP contribution is -2.28. The Kier molecular flexibility index (Phi) is 3.91. The van der Waals surface area contributed by atoms with Crippen LogP contribution in [0.15, 0.2) is 30.3 Å². The predicted octanol–water partition coefficient (Wildman–Crippen LogP) is 2.49. The maximum atomic E-state index is 11.7. The third kappa shape index (κ3) is 3.16. The summed E-state index contributed by atoms with van der Waals surface area (Å²) in [6.45, 7) is 0.253. The topological polar surface area (TPSA) is 43.4 Å². The molecule has 0 spiro atoms. The highest BCUT2D eigenvalue weighted by molar-refractivity contribution is 5.99. The molecule has 2 rings (SSSR count). The van der Waals surface area contributed by atoms with E-state index in [0.717, 1.165) is 18.4 Å². The highest BCUT2D eigenvalue weighted by Gasteiger charge is 2.30. The molecule has 0 bridgehead atoms. The number of carbonyl (C=O) groups is 2. The standard InChI is InChI=1S/C14H16O3/c15-13-9-5-4-8-12(13)14(16)17-10-11-6-2-1-3-7-11/h1-3,6-7,12H,4-5,8-10H2/t12-/m1/s1. The second-order valence-electron chi connectivity index (χ2n) is 4.36. The largest absolute Gasteiger partial charge is 0.460 e. The van der Waals surface area contributed by atoms with E-state index < -0.39 is 5.92 Å². The van der Waals surface area contributed by atoms with E-state index in [9.17, 15) is 9.59 Å². The monoisotopic (exact) mass is 232 g/mol. The first-order chi connectivity index (χ1) is 8.27. The van der Waals surface area contributed by atoms with Gasteiger partial charge < -0.3 is 4.74 Å². The predicted molar refractivity (Wildman–Crippen MR) is 63.2 cm³/mol. The molecule has 0 heterocycles. The molecule has 0 saturated heterocycles. The van der Waals surface area contributed by atoms with Gasteiger partial charge in [-0.15, -0.1) is 0 Å². The van der Waals surface area contributed by atoms with Gasteiger partial charge in [-0.3, -0.25) is 9.59 Å². The van der Waals surface area contributed by atoms with Crippen molar-refractivity contribution < 1.29 is 14.3 Å². The zero-order valence-corrected chi connectivity index (χ0v) is 9.72. The summed E-state index contributed by atoms with van der Waals surface area (Å²) in [5, 5.41) is 0. The maximum Gasteiger partial charge on any atom is 0.316 e. The van der Waals surface area contributed by atoms with E-state index in [0.29, 0.717) is 12.8 Å². The number of hydrogen-bond donors (Lipinski definition) is 0. The van der Waals surface area contributed by atoms with E-state index in [-0.39, 0.29) is 18.4 Å². The van der Waals surface area contributed by atoms with Gasteiger partial charge in [-0.05, 0) is 18.4 Å². The maximum absolute atomic E-state index is 11.7. The van der Waals surface area contributed by atoms with Crippen molar-refractivity contribution in [2.24, 2.45) is 5.92 Å². The summed E-state index contributed by atoms with van der Waals surface area (Å²) in [7, 11) is 0. The summed E-state index contributed by atoms with van der Waals surface area (Å²) in [6, 6.07) is 9.51. The molecule has 1 aromatic carbocycles. The van der Waals surface area contributed by atoms with Crippen molar-refractivity contribution in [3.8, 4) is 0 Å². The van der Waals surface area contributed by atoms with E-state index in [4.69, 9.17) is 4.74 Å². The molecule has 1 saturated carbocycles. The molecule has 0 amide bonds. The summed E-state index contributed by atoms with van der Waals surface area (Å²) in [5.74, 6) is -0.847. The summed E-state index contributed by atoms with van der Waals surface area (Å²) in [5.41, 5.74) is 0.948. The molecule has 0 unspecified atom stereocenters. The molecule has 1 aliphatic carbocycles. The molecule has 0 radical (unpaired) electrons. The first kappa shape index (κ1) is 11.8. The first-order valence-electron chi connectivity index (χ1n) is 6.00. The Hall–Kier alpha value is -1.64. The molecular formula is C14H16O3. The zero-order valence-electron chi connectivity index (χ0n) is 9.72. The fraction of sp³-hybridized carbons (Fsp3) is 0.429. The van der Waals surface area contributed by atoms with E-state index in [1.54, 1.807) is 0 Å². The molecule has 1 atom stereocenters. The van der Waals surface area contributed by atoms with Crippen molar-refractivity contribution in [2.75, 3.05) is 0 Å². The van der Waals surface area contributed by atoms with Crippen LogP contribution in [0.3, 0.4) is 0 Å². The van der Waals surface area contributed by atoms with Gasteiger partial charge in [0.15, 0.2) is 0 Å². The lowest BCUT2D eigenvalue weighted by atomic mass is 9.88. The number of rotatable bonds is 3. The van der Waals surface area contributed by atoms with Gasteiger partial charge in [-0.1, -0.05) is 36.8 Å². The fourth-order valence-corrected chi connectivity index (χ4v) is 2.06. The minimum absolute atomic E-state index is 0.0364. The van der Waals surface area contributed by atoms with Crippen LogP contribution in [0.5, 0.6) is 0 Å². The van der Waals surface area contributed by atoms with Crippen molar-refractivity contribution >= 4 is 11.8 Å². The molecule has 0 aliphatic heterocycles. The smallest absolute Gasteiger partial charge is 0.316 e. The van der Waals surface area contributed by atoms with Gasteiger partial charge in [0.1, 0.15) is 18.3 Å². The lowest BCUT2D eigenvalue weighted by Gasteiger charge is -2.18. The Morgan fingerprint density at radius 1 is 1.24 bits per heavy atom. The number of benzene rings is 1. The Labute approximate surface area is 101 Å². The molecule has 1 aromatic rings. The van der Waals surface area contributed by atoms with Gasteiger partial charge in [-0.2, -0.15) is 0 Å². The molecular weight excluding hydrogens is 216 g/mol. The Morgan fingerprint density at radius 3 is 2.71 bits per heavy atom. The van der Waals surface area contributed by atoms with Crippen molar-refractivity contribution in [3.63, 3.8) is 0 Å². The summed E-state index contributed by atoms with van der Waals surface area (Å²) < 4.78 is 5.18. The molecule has 90 valence electrons. The van der Waals surface area contributed by atoms with Crippen molar-refractivity contribution in [2.45, 2.75) is 32.3 Å². The Balaban J connectivity index is 1.87. The average Bonchev–Trinajstić information content (AvgIpc) is 2.38. The fourth-order valence-electron chi connectivity index (χ4n) is 2.06. The Bertz CT molecular complexity index is 397. The molecule has 1 aliphatic rings. The van der Waals surface area contributed by atoms with Crippen LogP contribution in [0.4, 0.5) is 0 Å². The minimum Gasteiger partial charge on any atom is -0.460 e.